The fourth-order valence-electron chi connectivity index (χ4n) is 6.22. The number of carbonyl (C=O) groups is 2. The third-order valence-electron chi connectivity index (χ3n) is 8.17. The maximum atomic E-state index is 14.6. The number of rotatable bonds is 5. The summed E-state index contributed by atoms with van der Waals surface area (Å²) in [7, 11) is 0. The molecule has 1 aliphatic heterocycles. The Labute approximate surface area is 228 Å². The van der Waals surface area contributed by atoms with Crippen LogP contribution in [-0.4, -0.2) is 27.3 Å². The first-order valence-corrected chi connectivity index (χ1v) is 14.0. The van der Waals surface area contributed by atoms with Gasteiger partial charge in [0.1, 0.15) is 5.69 Å². The number of benzene rings is 3. The van der Waals surface area contributed by atoms with Crippen molar-refractivity contribution in [1.29, 1.82) is 0 Å². The number of hydrogen-bond donors (Lipinski definition) is 1. The lowest BCUT2D eigenvalue weighted by Gasteiger charge is -2.47. The Hall–Kier alpha value is -3.57. The van der Waals surface area contributed by atoms with Crippen molar-refractivity contribution in [3.05, 3.63) is 107 Å². The van der Waals surface area contributed by atoms with E-state index in [0.717, 1.165) is 47.7 Å². The van der Waals surface area contributed by atoms with Gasteiger partial charge in [0.25, 0.3) is 11.8 Å². The Morgan fingerprint density at radius 2 is 1.63 bits per heavy atom. The van der Waals surface area contributed by atoms with Crippen molar-refractivity contribution in [2.24, 2.45) is 0 Å². The van der Waals surface area contributed by atoms with E-state index in [-0.39, 0.29) is 24.4 Å². The molecule has 1 fully saturated rings. The smallest absolute Gasteiger partial charge is 0.272 e. The molecule has 1 aromatic heterocycles. The van der Waals surface area contributed by atoms with E-state index in [1.165, 1.54) is 12.8 Å². The summed E-state index contributed by atoms with van der Waals surface area (Å²) in [4.78, 5) is 30.8. The SMILES string of the molecule is O=C1c2cc3ccccc3n2CC(C(=O)NC2CCCCCC2)(c2ccccc2)N1Cc1cccc(Cl)c1. The summed E-state index contributed by atoms with van der Waals surface area (Å²) in [5.41, 5.74) is 2.03. The van der Waals surface area contributed by atoms with Crippen LogP contribution in [0.25, 0.3) is 10.9 Å². The molecule has 0 radical (unpaired) electrons. The number of para-hydroxylation sites is 1. The lowest BCUT2D eigenvalue weighted by Crippen LogP contribution is -2.63. The second-order valence-electron chi connectivity index (χ2n) is 10.6. The summed E-state index contributed by atoms with van der Waals surface area (Å²) in [6, 6.07) is 27.4. The topological polar surface area (TPSA) is 54.3 Å². The summed E-state index contributed by atoms with van der Waals surface area (Å²) >= 11 is 6.34. The fraction of sp³-hybridized carbons (Fsp3) is 0.312. The third-order valence-corrected chi connectivity index (χ3v) is 8.40. The first-order valence-electron chi connectivity index (χ1n) is 13.6. The molecule has 38 heavy (non-hydrogen) atoms. The minimum absolute atomic E-state index is 0.108. The monoisotopic (exact) mass is 525 g/mol. The Balaban J connectivity index is 1.53. The quantitative estimate of drug-likeness (QED) is 0.295. The Morgan fingerprint density at radius 1 is 0.895 bits per heavy atom. The molecule has 0 bridgehead atoms. The predicted octanol–water partition coefficient (Wildman–Crippen LogP) is 6.69. The second kappa shape index (κ2) is 10.3. The third kappa shape index (κ3) is 4.39. The molecular formula is C32H32ClN3O2. The summed E-state index contributed by atoms with van der Waals surface area (Å²) in [5.74, 6) is -0.276. The van der Waals surface area contributed by atoms with E-state index in [9.17, 15) is 9.59 Å². The number of amides is 2. The van der Waals surface area contributed by atoms with Crippen molar-refractivity contribution in [1.82, 2.24) is 14.8 Å². The highest BCUT2D eigenvalue weighted by Crippen LogP contribution is 2.40. The number of hydrogen-bond acceptors (Lipinski definition) is 2. The van der Waals surface area contributed by atoms with Crippen molar-refractivity contribution in [2.45, 2.75) is 63.2 Å². The van der Waals surface area contributed by atoms with Gasteiger partial charge in [0.15, 0.2) is 5.54 Å². The van der Waals surface area contributed by atoms with Crippen LogP contribution >= 0.6 is 11.6 Å². The van der Waals surface area contributed by atoms with Gasteiger partial charge in [-0.3, -0.25) is 9.59 Å². The Bertz CT molecular complexity index is 1470. The van der Waals surface area contributed by atoms with Gasteiger partial charge in [-0.05, 0) is 48.2 Å². The zero-order valence-electron chi connectivity index (χ0n) is 21.4. The molecule has 3 aromatic carbocycles. The van der Waals surface area contributed by atoms with Gasteiger partial charge >= 0.3 is 0 Å². The minimum Gasteiger partial charge on any atom is -0.351 e. The van der Waals surface area contributed by atoms with E-state index in [1.807, 2.05) is 89.5 Å². The molecule has 6 rings (SSSR count). The van der Waals surface area contributed by atoms with Gasteiger partial charge in [-0.2, -0.15) is 0 Å². The van der Waals surface area contributed by atoms with Crippen LogP contribution in [0, 0.1) is 0 Å². The van der Waals surface area contributed by atoms with Gasteiger partial charge in [-0.25, -0.2) is 0 Å². The number of nitrogens with one attached hydrogen (secondary N) is 1. The van der Waals surface area contributed by atoms with Crippen LogP contribution in [0.2, 0.25) is 5.02 Å². The van der Waals surface area contributed by atoms with E-state index in [1.54, 1.807) is 4.90 Å². The standard InChI is InChI=1S/C32H32ClN3O2/c33-26-15-10-11-23(19-26)21-36-30(37)29-20-24-12-8-9-18-28(24)35(29)22-32(36,25-13-4-3-5-14-25)31(38)34-27-16-6-1-2-7-17-27/h3-5,8-15,18-20,27H,1-2,6-7,16-17,21-22H2,(H,34,38). The number of aromatic nitrogens is 1. The first kappa shape index (κ1) is 24.7. The molecule has 1 saturated carbocycles. The normalized spacial score (nSPS) is 20.2. The molecule has 6 heteroatoms. The van der Waals surface area contributed by atoms with Gasteiger partial charge < -0.3 is 14.8 Å². The van der Waals surface area contributed by atoms with Gasteiger partial charge in [-0.1, -0.05) is 97.9 Å². The molecule has 0 spiro atoms. The molecular weight excluding hydrogens is 494 g/mol. The van der Waals surface area contributed by atoms with Crippen LogP contribution in [0.4, 0.5) is 0 Å². The average molecular weight is 526 g/mol. The summed E-state index contributed by atoms with van der Waals surface area (Å²) in [5, 5.41) is 5.01. The van der Waals surface area contributed by atoms with Crippen molar-refractivity contribution in [2.75, 3.05) is 0 Å². The van der Waals surface area contributed by atoms with E-state index in [2.05, 4.69) is 5.32 Å². The number of fused-ring (bicyclic) bond motifs is 3. The second-order valence-corrected chi connectivity index (χ2v) is 11.0. The van der Waals surface area contributed by atoms with E-state index >= 15 is 0 Å². The van der Waals surface area contributed by atoms with Gasteiger partial charge in [0.2, 0.25) is 0 Å². The summed E-state index contributed by atoms with van der Waals surface area (Å²) < 4.78 is 2.03. The number of nitrogens with zero attached hydrogens (tertiary/aromatic N) is 2. The van der Waals surface area contributed by atoms with Crippen molar-refractivity contribution in [3.63, 3.8) is 0 Å². The maximum absolute atomic E-state index is 14.6. The van der Waals surface area contributed by atoms with Crippen molar-refractivity contribution in [3.8, 4) is 0 Å². The van der Waals surface area contributed by atoms with Crippen LogP contribution in [0.15, 0.2) is 84.9 Å². The molecule has 5 nitrogen and oxygen atoms in total. The van der Waals surface area contributed by atoms with E-state index in [4.69, 9.17) is 11.6 Å². The molecule has 4 aromatic rings. The molecule has 2 aliphatic rings. The molecule has 1 N–H and O–H groups in total. The number of carbonyl (C=O) groups excluding carboxylic acids is 2. The molecule has 1 aliphatic carbocycles. The predicted molar refractivity (Wildman–Crippen MR) is 151 cm³/mol. The zero-order valence-corrected chi connectivity index (χ0v) is 22.2. The Kier molecular flexibility index (Phi) is 6.71. The summed E-state index contributed by atoms with van der Waals surface area (Å²) in [6.45, 7) is 0.610. The van der Waals surface area contributed by atoms with E-state index < -0.39 is 5.54 Å². The average Bonchev–Trinajstić information content (AvgIpc) is 3.10. The highest BCUT2D eigenvalue weighted by atomic mass is 35.5. The van der Waals surface area contributed by atoms with Crippen LogP contribution < -0.4 is 5.32 Å². The van der Waals surface area contributed by atoms with Crippen LogP contribution in [0.3, 0.4) is 0 Å². The molecule has 1 unspecified atom stereocenters. The lowest BCUT2D eigenvalue weighted by atomic mass is 9.83. The van der Waals surface area contributed by atoms with Crippen LogP contribution in [0.5, 0.6) is 0 Å². The van der Waals surface area contributed by atoms with Gasteiger partial charge in [-0.15, -0.1) is 0 Å². The molecule has 2 amide bonds. The zero-order chi connectivity index (χ0) is 26.1. The lowest BCUT2D eigenvalue weighted by molar-refractivity contribution is -0.136. The minimum atomic E-state index is -1.22. The molecule has 194 valence electrons. The van der Waals surface area contributed by atoms with Gasteiger partial charge in [0.05, 0.1) is 6.54 Å². The van der Waals surface area contributed by atoms with Crippen molar-refractivity contribution >= 4 is 34.3 Å². The maximum Gasteiger partial charge on any atom is 0.272 e. The first-order chi connectivity index (χ1) is 18.6. The highest BCUT2D eigenvalue weighted by Gasteiger charge is 2.52. The molecule has 2 heterocycles. The Morgan fingerprint density at radius 3 is 2.39 bits per heavy atom. The molecule has 1 atom stereocenters. The number of halogens is 1. The van der Waals surface area contributed by atoms with Crippen LogP contribution in [0.1, 0.15) is 60.1 Å². The van der Waals surface area contributed by atoms with Crippen molar-refractivity contribution < 1.29 is 9.59 Å². The highest BCUT2D eigenvalue weighted by molar-refractivity contribution is 6.30. The van der Waals surface area contributed by atoms with Crippen LogP contribution in [-0.2, 0) is 23.4 Å². The van der Waals surface area contributed by atoms with Gasteiger partial charge in [0, 0.05) is 28.5 Å². The fourth-order valence-corrected chi connectivity index (χ4v) is 6.44. The largest absolute Gasteiger partial charge is 0.351 e. The molecule has 0 saturated heterocycles. The van der Waals surface area contributed by atoms with E-state index in [0.29, 0.717) is 17.3 Å². The summed E-state index contributed by atoms with van der Waals surface area (Å²) in [6.07, 6.45) is 6.57.